The number of methoxy groups -OCH3 is 1. The van der Waals surface area contributed by atoms with E-state index in [9.17, 15) is 18.3 Å². The second-order valence-corrected chi connectivity index (χ2v) is 4.97. The maximum atomic E-state index is 12.5. The summed E-state index contributed by atoms with van der Waals surface area (Å²) in [4.78, 5) is 0. The predicted molar refractivity (Wildman–Crippen MR) is 84.8 cm³/mol. The van der Waals surface area contributed by atoms with Gasteiger partial charge in [-0.15, -0.1) is 19.8 Å². The van der Waals surface area contributed by atoms with Crippen molar-refractivity contribution in [2.45, 2.75) is 18.9 Å². The molecule has 2 aromatic carbocycles. The molecule has 0 aliphatic carbocycles. The number of phenolic OH excluding ortho intramolecular Hbond substituents is 1. The molecule has 133 valence electrons. The van der Waals surface area contributed by atoms with Gasteiger partial charge in [0.25, 0.3) is 0 Å². The van der Waals surface area contributed by atoms with Crippen LogP contribution in [0.15, 0.2) is 49.1 Å². The van der Waals surface area contributed by atoms with Crippen LogP contribution in [0.2, 0.25) is 0 Å². The highest BCUT2D eigenvalue weighted by molar-refractivity contribution is 5.44. The van der Waals surface area contributed by atoms with Crippen molar-refractivity contribution < 1.29 is 32.5 Å². The van der Waals surface area contributed by atoms with Gasteiger partial charge in [-0.2, -0.15) is 0 Å². The zero-order valence-electron chi connectivity index (χ0n) is 13.3. The molecule has 25 heavy (non-hydrogen) atoms. The van der Waals surface area contributed by atoms with Crippen LogP contribution in [0.5, 0.6) is 23.0 Å². The van der Waals surface area contributed by atoms with Gasteiger partial charge in [0.15, 0.2) is 23.0 Å². The third-order valence-electron chi connectivity index (χ3n) is 3.22. The van der Waals surface area contributed by atoms with Gasteiger partial charge in [0.1, 0.15) is 6.10 Å². The van der Waals surface area contributed by atoms with Crippen molar-refractivity contribution in [1.29, 1.82) is 0 Å². The summed E-state index contributed by atoms with van der Waals surface area (Å²) in [5.41, 5.74) is 0.588. The number of benzene rings is 2. The fraction of sp³-hybridized carbons (Fsp3) is 0.222. The number of hydrogen-bond donors (Lipinski definition) is 1. The highest BCUT2D eigenvalue weighted by Crippen LogP contribution is 2.37. The van der Waals surface area contributed by atoms with Crippen molar-refractivity contribution in [3.05, 3.63) is 60.7 Å². The first-order chi connectivity index (χ1) is 11.8. The topological polar surface area (TPSA) is 47.9 Å². The summed E-state index contributed by atoms with van der Waals surface area (Å²) in [6.07, 6.45) is -3.64. The van der Waals surface area contributed by atoms with Crippen LogP contribution in [0.4, 0.5) is 13.2 Å². The Morgan fingerprint density at radius 1 is 1.28 bits per heavy atom. The molecule has 0 saturated carbocycles. The quantitative estimate of drug-likeness (QED) is 0.727. The second kappa shape index (κ2) is 7.83. The molecule has 0 amide bonds. The Balaban J connectivity index is 2.33. The lowest BCUT2D eigenvalue weighted by Crippen LogP contribution is -2.18. The molecule has 1 atom stereocenters. The van der Waals surface area contributed by atoms with Crippen LogP contribution in [0.1, 0.15) is 18.1 Å². The Kier molecular flexibility index (Phi) is 5.80. The number of ether oxygens (including phenoxy) is 3. The van der Waals surface area contributed by atoms with Crippen LogP contribution in [-0.2, 0) is 0 Å². The zero-order chi connectivity index (χ0) is 18.4. The SMILES string of the molecule is C=CCC(Oc1[c]cccc1OC(F)(F)F)c1ccc(O)c(OC)c1. The summed E-state index contributed by atoms with van der Waals surface area (Å²) in [7, 11) is 1.39. The Labute approximate surface area is 143 Å². The molecule has 2 aromatic rings. The van der Waals surface area contributed by atoms with Crippen molar-refractivity contribution in [3.63, 3.8) is 0 Å². The smallest absolute Gasteiger partial charge is 0.504 e. The monoisotopic (exact) mass is 353 g/mol. The standard InChI is InChI=1S/C18H16F3O4/c1-3-6-14(12-9-10-13(22)17(11-12)23-2)24-15-7-4-5-8-16(15)25-18(19,20)21/h3-5,8-11,14,22H,1,6H2,2H3. The van der Waals surface area contributed by atoms with E-state index in [0.717, 1.165) is 6.07 Å². The van der Waals surface area contributed by atoms with Gasteiger partial charge in [-0.3, -0.25) is 0 Å². The maximum Gasteiger partial charge on any atom is 0.573 e. The number of aromatic hydroxyl groups is 1. The molecule has 1 radical (unpaired) electrons. The largest absolute Gasteiger partial charge is 0.573 e. The third kappa shape index (κ3) is 5.07. The average molecular weight is 353 g/mol. The first kappa shape index (κ1) is 18.5. The van der Waals surface area contributed by atoms with Crippen molar-refractivity contribution in [2.75, 3.05) is 7.11 Å². The van der Waals surface area contributed by atoms with Gasteiger partial charge < -0.3 is 19.3 Å². The highest BCUT2D eigenvalue weighted by atomic mass is 19.4. The van der Waals surface area contributed by atoms with Crippen LogP contribution in [-0.4, -0.2) is 18.6 Å². The van der Waals surface area contributed by atoms with E-state index in [4.69, 9.17) is 9.47 Å². The van der Waals surface area contributed by atoms with Crippen molar-refractivity contribution >= 4 is 0 Å². The van der Waals surface area contributed by atoms with E-state index in [1.807, 2.05) is 0 Å². The second-order valence-electron chi connectivity index (χ2n) is 4.97. The first-order valence-electron chi connectivity index (χ1n) is 7.25. The third-order valence-corrected chi connectivity index (χ3v) is 3.22. The summed E-state index contributed by atoms with van der Waals surface area (Å²) in [6, 6.07) is 11.0. The van der Waals surface area contributed by atoms with Crippen LogP contribution in [0, 0.1) is 6.07 Å². The molecule has 0 fully saturated rings. The normalized spacial score (nSPS) is 12.3. The van der Waals surface area contributed by atoms with E-state index in [-0.39, 0.29) is 17.2 Å². The summed E-state index contributed by atoms with van der Waals surface area (Å²) < 4.78 is 52.2. The fourth-order valence-electron chi connectivity index (χ4n) is 2.14. The van der Waals surface area contributed by atoms with E-state index in [0.29, 0.717) is 12.0 Å². The lowest BCUT2D eigenvalue weighted by atomic mass is 10.1. The van der Waals surface area contributed by atoms with Gasteiger partial charge in [-0.05, 0) is 23.8 Å². The molecule has 0 heterocycles. The summed E-state index contributed by atoms with van der Waals surface area (Å²) in [6.45, 7) is 3.63. The lowest BCUT2D eigenvalue weighted by molar-refractivity contribution is -0.275. The molecule has 0 spiro atoms. The number of alkyl halides is 3. The van der Waals surface area contributed by atoms with Gasteiger partial charge in [0.05, 0.1) is 7.11 Å². The summed E-state index contributed by atoms with van der Waals surface area (Å²) in [5.74, 6) is -0.511. The molecule has 7 heteroatoms. The number of phenols is 1. The van der Waals surface area contributed by atoms with Crippen molar-refractivity contribution in [1.82, 2.24) is 0 Å². The summed E-state index contributed by atoms with van der Waals surface area (Å²) in [5, 5.41) is 9.67. The van der Waals surface area contributed by atoms with Crippen LogP contribution < -0.4 is 14.2 Å². The number of para-hydroxylation sites is 1. The molecule has 1 N–H and O–H groups in total. The Morgan fingerprint density at radius 2 is 2.04 bits per heavy atom. The van der Waals surface area contributed by atoms with E-state index >= 15 is 0 Å². The number of halogens is 3. The molecular formula is C18H16F3O4. The van der Waals surface area contributed by atoms with Gasteiger partial charge >= 0.3 is 6.36 Å². The first-order valence-corrected chi connectivity index (χ1v) is 7.25. The molecule has 0 aliphatic heterocycles. The molecule has 0 saturated heterocycles. The minimum atomic E-state index is -4.84. The van der Waals surface area contributed by atoms with Crippen molar-refractivity contribution in [2.24, 2.45) is 0 Å². The fourth-order valence-corrected chi connectivity index (χ4v) is 2.14. The lowest BCUT2D eigenvalue weighted by Gasteiger charge is -2.21. The van der Waals surface area contributed by atoms with E-state index in [1.54, 1.807) is 12.1 Å². The number of hydrogen-bond acceptors (Lipinski definition) is 4. The van der Waals surface area contributed by atoms with Crippen molar-refractivity contribution in [3.8, 4) is 23.0 Å². The van der Waals surface area contributed by atoms with Crippen LogP contribution in [0.3, 0.4) is 0 Å². The van der Waals surface area contributed by atoms with Crippen LogP contribution in [0.25, 0.3) is 0 Å². The number of rotatable bonds is 7. The average Bonchev–Trinajstić information content (AvgIpc) is 2.55. The van der Waals surface area contributed by atoms with E-state index < -0.39 is 18.2 Å². The predicted octanol–water partition coefficient (Wildman–Crippen LogP) is 4.80. The van der Waals surface area contributed by atoms with Gasteiger partial charge in [0.2, 0.25) is 0 Å². The molecule has 1 unspecified atom stereocenters. The minimum absolute atomic E-state index is 0.0593. The van der Waals surface area contributed by atoms with E-state index in [1.165, 1.54) is 31.4 Å². The molecule has 0 bridgehead atoms. The Morgan fingerprint density at radius 3 is 2.68 bits per heavy atom. The summed E-state index contributed by atoms with van der Waals surface area (Å²) >= 11 is 0. The van der Waals surface area contributed by atoms with Gasteiger partial charge in [-0.25, -0.2) is 0 Å². The molecule has 4 nitrogen and oxygen atoms in total. The molecular weight excluding hydrogens is 337 g/mol. The van der Waals surface area contributed by atoms with Gasteiger partial charge in [0, 0.05) is 12.5 Å². The zero-order valence-corrected chi connectivity index (χ0v) is 13.3. The van der Waals surface area contributed by atoms with E-state index in [2.05, 4.69) is 17.4 Å². The maximum absolute atomic E-state index is 12.5. The molecule has 2 rings (SSSR count). The van der Waals surface area contributed by atoms with Gasteiger partial charge in [-0.1, -0.05) is 24.3 Å². The highest BCUT2D eigenvalue weighted by Gasteiger charge is 2.32. The molecule has 0 aliphatic rings. The minimum Gasteiger partial charge on any atom is -0.504 e. The molecule has 0 aromatic heterocycles. The Bertz CT molecular complexity index is 729. The Hall–Kier alpha value is -2.83. The van der Waals surface area contributed by atoms with Crippen LogP contribution >= 0.6 is 0 Å².